The van der Waals surface area contributed by atoms with Crippen molar-refractivity contribution in [2.24, 2.45) is 5.92 Å². The first-order valence-electron chi connectivity index (χ1n) is 5.03. The number of methoxy groups -OCH3 is 1. The summed E-state index contributed by atoms with van der Waals surface area (Å²) in [5, 5.41) is 3.27. The molecule has 1 aromatic rings. The lowest BCUT2D eigenvalue weighted by molar-refractivity contribution is 0.0594. The summed E-state index contributed by atoms with van der Waals surface area (Å²) in [5.74, 6) is 0.729. The third kappa shape index (κ3) is 2.36. The number of hydrogen-bond acceptors (Lipinski definition) is 5. The zero-order chi connectivity index (χ0) is 10.7. The fraction of sp³-hybridized carbons (Fsp3) is 0.600. The fourth-order valence-electron chi connectivity index (χ4n) is 1.74. The molecule has 1 unspecified atom stereocenters. The van der Waals surface area contributed by atoms with Crippen molar-refractivity contribution >= 4 is 5.97 Å². The molecule has 2 rings (SSSR count). The molecule has 1 aliphatic rings. The van der Waals surface area contributed by atoms with Crippen LogP contribution in [0.3, 0.4) is 0 Å². The van der Waals surface area contributed by atoms with Gasteiger partial charge in [-0.2, -0.15) is 0 Å². The fourth-order valence-corrected chi connectivity index (χ4v) is 1.74. The van der Waals surface area contributed by atoms with E-state index in [0.717, 1.165) is 25.9 Å². The van der Waals surface area contributed by atoms with E-state index in [2.05, 4.69) is 15.0 Å². The Labute approximate surface area is 87.8 Å². The lowest BCUT2D eigenvalue weighted by Gasteiger charge is -2.02. The smallest absolute Gasteiger partial charge is 0.360 e. The maximum absolute atomic E-state index is 11.1. The van der Waals surface area contributed by atoms with Crippen LogP contribution in [-0.4, -0.2) is 31.2 Å². The lowest BCUT2D eigenvalue weighted by Crippen LogP contribution is -2.11. The number of ether oxygens (including phenoxy) is 1. The second kappa shape index (κ2) is 4.44. The summed E-state index contributed by atoms with van der Waals surface area (Å²) in [5.41, 5.74) is 0.249. The Morgan fingerprint density at radius 3 is 3.33 bits per heavy atom. The van der Waals surface area contributed by atoms with Gasteiger partial charge in [0.15, 0.2) is 11.6 Å². The molecule has 5 heteroatoms. The van der Waals surface area contributed by atoms with Crippen LogP contribution in [-0.2, 0) is 11.2 Å². The Kier molecular flexibility index (Phi) is 3.01. The van der Waals surface area contributed by atoms with E-state index in [1.165, 1.54) is 13.4 Å². The first kappa shape index (κ1) is 10.2. The molecule has 0 aliphatic carbocycles. The topological polar surface area (TPSA) is 64.4 Å². The predicted molar refractivity (Wildman–Crippen MR) is 52.5 cm³/mol. The lowest BCUT2D eigenvalue weighted by atomic mass is 10.1. The van der Waals surface area contributed by atoms with E-state index in [1.54, 1.807) is 0 Å². The average Bonchev–Trinajstić information content (AvgIpc) is 2.88. The van der Waals surface area contributed by atoms with Gasteiger partial charge in [0.05, 0.1) is 7.11 Å². The highest BCUT2D eigenvalue weighted by Gasteiger charge is 2.19. The number of esters is 1. The van der Waals surface area contributed by atoms with Crippen LogP contribution in [0.15, 0.2) is 10.7 Å². The monoisotopic (exact) mass is 210 g/mol. The molecule has 0 amide bonds. The van der Waals surface area contributed by atoms with Crippen LogP contribution in [0.2, 0.25) is 0 Å². The van der Waals surface area contributed by atoms with Crippen molar-refractivity contribution in [3.63, 3.8) is 0 Å². The third-order valence-corrected chi connectivity index (χ3v) is 2.57. The largest absolute Gasteiger partial charge is 0.464 e. The first-order valence-corrected chi connectivity index (χ1v) is 5.03. The number of aromatic nitrogens is 1. The minimum atomic E-state index is -0.449. The summed E-state index contributed by atoms with van der Waals surface area (Å²) >= 11 is 0. The van der Waals surface area contributed by atoms with Gasteiger partial charge in [0, 0.05) is 6.42 Å². The highest BCUT2D eigenvalue weighted by atomic mass is 16.5. The normalized spacial score (nSPS) is 20.5. The Balaban J connectivity index is 1.97. The molecule has 82 valence electrons. The molecule has 0 radical (unpaired) electrons. The molecule has 1 fully saturated rings. The number of hydrogen-bond donors (Lipinski definition) is 1. The van der Waals surface area contributed by atoms with Crippen molar-refractivity contribution in [1.29, 1.82) is 0 Å². The minimum absolute atomic E-state index is 0.249. The van der Waals surface area contributed by atoms with Gasteiger partial charge in [-0.05, 0) is 25.4 Å². The zero-order valence-electron chi connectivity index (χ0n) is 8.66. The summed E-state index contributed by atoms with van der Waals surface area (Å²) < 4.78 is 9.76. The molecule has 1 atom stereocenters. The SMILES string of the molecule is COC(=O)c1coc(CC2CCNC2)n1. The number of nitrogens with one attached hydrogen (secondary N) is 1. The summed E-state index contributed by atoms with van der Waals surface area (Å²) in [7, 11) is 1.33. The summed E-state index contributed by atoms with van der Waals surface area (Å²) in [6.45, 7) is 2.05. The van der Waals surface area contributed by atoms with E-state index < -0.39 is 5.97 Å². The molecule has 1 saturated heterocycles. The molecule has 1 N–H and O–H groups in total. The second-order valence-electron chi connectivity index (χ2n) is 3.68. The number of carbonyl (C=O) groups is 1. The van der Waals surface area contributed by atoms with E-state index in [-0.39, 0.29) is 5.69 Å². The quantitative estimate of drug-likeness (QED) is 0.741. The molecule has 0 bridgehead atoms. The second-order valence-corrected chi connectivity index (χ2v) is 3.68. The molecule has 0 saturated carbocycles. The van der Waals surface area contributed by atoms with E-state index in [1.807, 2.05) is 0 Å². The first-order chi connectivity index (χ1) is 7.29. The molecular weight excluding hydrogens is 196 g/mol. The summed E-state index contributed by atoms with van der Waals surface area (Å²) in [4.78, 5) is 15.2. The number of oxazole rings is 1. The van der Waals surface area contributed by atoms with Gasteiger partial charge in [-0.1, -0.05) is 0 Å². The van der Waals surface area contributed by atoms with E-state index >= 15 is 0 Å². The van der Waals surface area contributed by atoms with Crippen molar-refractivity contribution < 1.29 is 13.9 Å². The zero-order valence-corrected chi connectivity index (χ0v) is 8.66. The molecule has 0 aromatic carbocycles. The number of rotatable bonds is 3. The molecular formula is C10H14N2O3. The Hall–Kier alpha value is -1.36. The van der Waals surface area contributed by atoms with Crippen LogP contribution < -0.4 is 5.32 Å². The van der Waals surface area contributed by atoms with E-state index in [4.69, 9.17) is 4.42 Å². The van der Waals surface area contributed by atoms with Crippen molar-refractivity contribution in [2.75, 3.05) is 20.2 Å². The average molecular weight is 210 g/mol. The van der Waals surface area contributed by atoms with Gasteiger partial charge in [0.1, 0.15) is 6.26 Å². The summed E-state index contributed by atoms with van der Waals surface area (Å²) in [6.07, 6.45) is 3.27. The maximum atomic E-state index is 11.1. The van der Waals surface area contributed by atoms with Gasteiger partial charge in [-0.25, -0.2) is 9.78 Å². The standard InChI is InChI=1S/C10H14N2O3/c1-14-10(13)8-6-15-9(12-8)4-7-2-3-11-5-7/h6-7,11H,2-5H2,1H3. The van der Waals surface area contributed by atoms with Crippen LogP contribution in [0, 0.1) is 5.92 Å². The Bertz CT molecular complexity index is 342. The Morgan fingerprint density at radius 2 is 2.67 bits per heavy atom. The third-order valence-electron chi connectivity index (χ3n) is 2.57. The minimum Gasteiger partial charge on any atom is -0.464 e. The predicted octanol–water partition coefficient (Wildman–Crippen LogP) is 0.613. The maximum Gasteiger partial charge on any atom is 0.360 e. The van der Waals surface area contributed by atoms with Crippen LogP contribution in [0.25, 0.3) is 0 Å². The van der Waals surface area contributed by atoms with Crippen LogP contribution in [0.5, 0.6) is 0 Å². The van der Waals surface area contributed by atoms with Gasteiger partial charge in [0.2, 0.25) is 0 Å². The van der Waals surface area contributed by atoms with Gasteiger partial charge in [0.25, 0.3) is 0 Å². The molecule has 1 aliphatic heterocycles. The number of carbonyl (C=O) groups excluding carboxylic acids is 1. The Morgan fingerprint density at radius 1 is 1.80 bits per heavy atom. The van der Waals surface area contributed by atoms with Gasteiger partial charge in [-0.15, -0.1) is 0 Å². The van der Waals surface area contributed by atoms with Crippen LogP contribution >= 0.6 is 0 Å². The highest BCUT2D eigenvalue weighted by Crippen LogP contribution is 2.15. The molecule has 1 aromatic heterocycles. The van der Waals surface area contributed by atoms with Crippen molar-refractivity contribution in [2.45, 2.75) is 12.8 Å². The highest BCUT2D eigenvalue weighted by molar-refractivity contribution is 5.86. The van der Waals surface area contributed by atoms with Gasteiger partial charge < -0.3 is 14.5 Å². The van der Waals surface area contributed by atoms with E-state index in [0.29, 0.717) is 11.8 Å². The molecule has 5 nitrogen and oxygen atoms in total. The summed E-state index contributed by atoms with van der Waals surface area (Å²) in [6, 6.07) is 0. The van der Waals surface area contributed by atoms with Crippen LogP contribution in [0.4, 0.5) is 0 Å². The van der Waals surface area contributed by atoms with Crippen molar-refractivity contribution in [3.05, 3.63) is 17.8 Å². The molecule has 0 spiro atoms. The number of nitrogens with zero attached hydrogens (tertiary/aromatic N) is 1. The van der Waals surface area contributed by atoms with E-state index in [9.17, 15) is 4.79 Å². The molecule has 15 heavy (non-hydrogen) atoms. The van der Waals surface area contributed by atoms with Gasteiger partial charge in [-0.3, -0.25) is 0 Å². The van der Waals surface area contributed by atoms with Gasteiger partial charge >= 0.3 is 5.97 Å². The molecule has 2 heterocycles. The van der Waals surface area contributed by atoms with Crippen LogP contribution in [0.1, 0.15) is 22.8 Å². The van der Waals surface area contributed by atoms with Crippen molar-refractivity contribution in [1.82, 2.24) is 10.3 Å². The van der Waals surface area contributed by atoms with Crippen molar-refractivity contribution in [3.8, 4) is 0 Å².